The lowest BCUT2D eigenvalue weighted by atomic mass is 10.2. The van der Waals surface area contributed by atoms with Crippen molar-refractivity contribution in [2.45, 2.75) is 19.0 Å². The van der Waals surface area contributed by atoms with Crippen LogP contribution in [0.3, 0.4) is 0 Å². The van der Waals surface area contributed by atoms with E-state index in [-0.39, 0.29) is 29.7 Å². The molecular weight excluding hydrogens is 421 g/mol. The first-order valence-electron chi connectivity index (χ1n) is 7.90. The Hall–Kier alpha value is -1.55. The number of nitrogens with two attached hydrogens (primary N) is 1. The number of nitrogens with one attached hydrogen (secondary N) is 1. The SMILES string of the molecule is CN=C(NCc1ccc(C(N)=O)o1)N1CCC(N2CC=CC2)C1.I. The topological polar surface area (TPSA) is 87.1 Å². The van der Waals surface area contributed by atoms with Gasteiger partial charge in [0, 0.05) is 39.3 Å². The highest BCUT2D eigenvalue weighted by atomic mass is 127. The van der Waals surface area contributed by atoms with Gasteiger partial charge in [0.2, 0.25) is 0 Å². The summed E-state index contributed by atoms with van der Waals surface area (Å²) in [6.45, 7) is 4.55. The summed E-state index contributed by atoms with van der Waals surface area (Å²) >= 11 is 0. The van der Waals surface area contributed by atoms with Crippen LogP contribution in [0.5, 0.6) is 0 Å². The van der Waals surface area contributed by atoms with Gasteiger partial charge in [0.25, 0.3) is 5.91 Å². The van der Waals surface area contributed by atoms with Gasteiger partial charge in [0.05, 0.1) is 6.54 Å². The van der Waals surface area contributed by atoms with Gasteiger partial charge in [0.1, 0.15) is 5.76 Å². The van der Waals surface area contributed by atoms with Crippen LogP contribution in [-0.2, 0) is 6.54 Å². The van der Waals surface area contributed by atoms with E-state index in [1.54, 1.807) is 19.2 Å². The fourth-order valence-corrected chi connectivity index (χ4v) is 3.13. The van der Waals surface area contributed by atoms with Gasteiger partial charge >= 0.3 is 0 Å². The molecule has 3 rings (SSSR count). The van der Waals surface area contributed by atoms with Gasteiger partial charge in [-0.25, -0.2) is 0 Å². The van der Waals surface area contributed by atoms with E-state index < -0.39 is 5.91 Å². The Labute approximate surface area is 159 Å². The van der Waals surface area contributed by atoms with Crippen molar-refractivity contribution in [2.75, 3.05) is 33.2 Å². The lowest BCUT2D eigenvalue weighted by Crippen LogP contribution is -2.42. The molecule has 1 saturated heterocycles. The monoisotopic (exact) mass is 445 g/mol. The summed E-state index contributed by atoms with van der Waals surface area (Å²) in [6, 6.07) is 3.92. The molecule has 132 valence electrons. The van der Waals surface area contributed by atoms with E-state index in [9.17, 15) is 4.79 Å². The average molecular weight is 445 g/mol. The number of halogens is 1. The van der Waals surface area contributed by atoms with Crippen molar-refractivity contribution in [1.29, 1.82) is 0 Å². The minimum atomic E-state index is -0.553. The Morgan fingerprint density at radius 3 is 2.79 bits per heavy atom. The lowest BCUT2D eigenvalue weighted by Gasteiger charge is -2.25. The first-order valence-corrected chi connectivity index (χ1v) is 7.90. The molecule has 24 heavy (non-hydrogen) atoms. The fourth-order valence-electron chi connectivity index (χ4n) is 3.13. The van der Waals surface area contributed by atoms with Crippen LogP contribution in [0.15, 0.2) is 33.7 Å². The average Bonchev–Trinajstić information content (AvgIpc) is 3.29. The molecule has 1 atom stereocenters. The molecule has 8 heteroatoms. The van der Waals surface area contributed by atoms with Crippen molar-refractivity contribution in [3.8, 4) is 0 Å². The minimum absolute atomic E-state index is 0. The molecule has 1 amide bonds. The zero-order chi connectivity index (χ0) is 16.2. The van der Waals surface area contributed by atoms with E-state index in [1.807, 2.05) is 0 Å². The molecule has 3 heterocycles. The number of primary amides is 1. The van der Waals surface area contributed by atoms with Gasteiger partial charge in [-0.1, -0.05) is 12.2 Å². The Kier molecular flexibility index (Phi) is 6.67. The van der Waals surface area contributed by atoms with Crippen molar-refractivity contribution in [3.05, 3.63) is 35.8 Å². The number of likely N-dealkylation sites (tertiary alicyclic amines) is 1. The largest absolute Gasteiger partial charge is 0.454 e. The first-order chi connectivity index (χ1) is 11.2. The maximum absolute atomic E-state index is 11.0. The van der Waals surface area contributed by atoms with Crippen LogP contribution >= 0.6 is 24.0 Å². The van der Waals surface area contributed by atoms with Crippen LogP contribution < -0.4 is 11.1 Å². The van der Waals surface area contributed by atoms with Crippen molar-refractivity contribution >= 4 is 35.8 Å². The van der Waals surface area contributed by atoms with E-state index >= 15 is 0 Å². The second-order valence-electron chi connectivity index (χ2n) is 5.84. The molecule has 0 saturated carbocycles. The predicted molar refractivity (Wildman–Crippen MR) is 104 cm³/mol. The van der Waals surface area contributed by atoms with E-state index in [4.69, 9.17) is 10.2 Å². The first kappa shape index (κ1) is 18.8. The van der Waals surface area contributed by atoms with Gasteiger partial charge in [-0.2, -0.15) is 0 Å². The fraction of sp³-hybridized carbons (Fsp3) is 0.500. The minimum Gasteiger partial charge on any atom is -0.454 e. The molecular formula is C16H24IN5O2. The number of hydrogen-bond donors (Lipinski definition) is 2. The van der Waals surface area contributed by atoms with Gasteiger partial charge in [-0.15, -0.1) is 24.0 Å². The molecule has 0 aliphatic carbocycles. The van der Waals surface area contributed by atoms with Gasteiger partial charge in [0.15, 0.2) is 11.7 Å². The van der Waals surface area contributed by atoms with Crippen molar-refractivity contribution in [1.82, 2.24) is 15.1 Å². The second-order valence-corrected chi connectivity index (χ2v) is 5.84. The Bertz CT molecular complexity index is 620. The summed E-state index contributed by atoms with van der Waals surface area (Å²) in [6.07, 6.45) is 5.60. The van der Waals surface area contributed by atoms with Crippen LogP contribution in [0.1, 0.15) is 22.7 Å². The van der Waals surface area contributed by atoms with Crippen LogP contribution in [0.2, 0.25) is 0 Å². The summed E-state index contributed by atoms with van der Waals surface area (Å²) in [4.78, 5) is 20.1. The molecule has 0 spiro atoms. The molecule has 7 nitrogen and oxygen atoms in total. The van der Waals surface area contributed by atoms with Crippen molar-refractivity contribution in [3.63, 3.8) is 0 Å². The summed E-state index contributed by atoms with van der Waals surface area (Å²) in [5.74, 6) is 1.15. The maximum Gasteiger partial charge on any atom is 0.284 e. The number of furan rings is 1. The molecule has 1 aromatic heterocycles. The predicted octanol–water partition coefficient (Wildman–Crippen LogP) is 1.02. The highest BCUT2D eigenvalue weighted by Gasteiger charge is 2.29. The van der Waals surface area contributed by atoms with Crippen LogP contribution in [0.25, 0.3) is 0 Å². The molecule has 2 aliphatic heterocycles. The van der Waals surface area contributed by atoms with Gasteiger partial charge < -0.3 is 20.4 Å². The number of carbonyl (C=O) groups excluding carboxylic acids is 1. The maximum atomic E-state index is 11.0. The molecule has 1 fully saturated rings. The number of rotatable bonds is 4. The van der Waals surface area contributed by atoms with E-state index in [2.05, 4.69) is 32.3 Å². The molecule has 0 radical (unpaired) electrons. The summed E-state index contributed by atoms with van der Waals surface area (Å²) in [5.41, 5.74) is 5.19. The zero-order valence-corrected chi connectivity index (χ0v) is 16.1. The molecule has 0 aromatic carbocycles. The summed E-state index contributed by atoms with van der Waals surface area (Å²) < 4.78 is 5.38. The third-order valence-corrected chi connectivity index (χ3v) is 4.36. The Morgan fingerprint density at radius 1 is 1.42 bits per heavy atom. The van der Waals surface area contributed by atoms with E-state index in [0.717, 1.165) is 38.6 Å². The van der Waals surface area contributed by atoms with Gasteiger partial charge in [-0.3, -0.25) is 14.7 Å². The third-order valence-electron chi connectivity index (χ3n) is 4.36. The van der Waals surface area contributed by atoms with E-state index in [0.29, 0.717) is 18.3 Å². The van der Waals surface area contributed by atoms with Crippen molar-refractivity contribution < 1.29 is 9.21 Å². The molecule has 3 N–H and O–H groups in total. The van der Waals surface area contributed by atoms with Crippen LogP contribution in [0.4, 0.5) is 0 Å². The zero-order valence-electron chi connectivity index (χ0n) is 13.8. The van der Waals surface area contributed by atoms with E-state index in [1.165, 1.54) is 0 Å². The third kappa shape index (κ3) is 4.29. The summed E-state index contributed by atoms with van der Waals surface area (Å²) in [5, 5.41) is 3.29. The van der Waals surface area contributed by atoms with Crippen LogP contribution in [0, 0.1) is 0 Å². The molecule has 2 aliphatic rings. The lowest BCUT2D eigenvalue weighted by molar-refractivity contribution is 0.0972. The van der Waals surface area contributed by atoms with Crippen LogP contribution in [-0.4, -0.2) is 60.9 Å². The smallest absolute Gasteiger partial charge is 0.284 e. The Balaban J connectivity index is 0.00000208. The number of nitrogens with zero attached hydrogens (tertiary/aromatic N) is 3. The molecule has 1 unspecified atom stereocenters. The van der Waals surface area contributed by atoms with Crippen molar-refractivity contribution in [2.24, 2.45) is 10.7 Å². The highest BCUT2D eigenvalue weighted by molar-refractivity contribution is 14.0. The second kappa shape index (κ2) is 8.52. The normalized spacial score (nSPS) is 21.1. The number of aliphatic imine (C=N–C) groups is 1. The standard InChI is InChI=1S/C16H23N5O2.HI/c1-18-16(19-10-13-4-5-14(23-13)15(17)22)21-9-6-12(11-21)20-7-2-3-8-20;/h2-5,12H,6-11H2,1H3,(H2,17,22)(H,18,19);1H. The number of carbonyl (C=O) groups is 1. The quantitative estimate of drug-likeness (QED) is 0.313. The van der Waals surface area contributed by atoms with Gasteiger partial charge in [-0.05, 0) is 18.6 Å². The number of guanidine groups is 1. The highest BCUT2D eigenvalue weighted by Crippen LogP contribution is 2.18. The number of hydrogen-bond acceptors (Lipinski definition) is 4. The molecule has 0 bridgehead atoms. The molecule has 1 aromatic rings. The Morgan fingerprint density at radius 2 is 2.17 bits per heavy atom. The summed E-state index contributed by atoms with van der Waals surface area (Å²) in [7, 11) is 1.78. The number of amides is 1.